The van der Waals surface area contributed by atoms with Gasteiger partial charge in [-0.05, 0) is 86.1 Å². The van der Waals surface area contributed by atoms with E-state index in [0.29, 0.717) is 11.4 Å². The first kappa shape index (κ1) is 17.5. The van der Waals surface area contributed by atoms with Gasteiger partial charge in [-0.15, -0.1) is 0 Å². The number of nitrogen functional groups attached to an aromatic ring is 1. The highest BCUT2D eigenvalue weighted by Crippen LogP contribution is 2.38. The molecule has 0 saturated carbocycles. The van der Waals surface area contributed by atoms with Crippen LogP contribution in [0.15, 0.2) is 24.3 Å². The lowest BCUT2D eigenvalue weighted by Gasteiger charge is -2.18. The Kier molecular flexibility index (Phi) is 4.34. The van der Waals surface area contributed by atoms with Crippen molar-refractivity contribution in [1.82, 2.24) is 4.98 Å². The Labute approximate surface area is 159 Å². The van der Waals surface area contributed by atoms with Crippen LogP contribution in [-0.4, -0.2) is 16.3 Å². The van der Waals surface area contributed by atoms with Gasteiger partial charge in [-0.1, -0.05) is 6.42 Å². The van der Waals surface area contributed by atoms with Gasteiger partial charge < -0.3 is 16.2 Å². The molecule has 1 aromatic heterocycles. The molecule has 4 rings (SSSR count). The molecule has 0 spiro atoms. The van der Waals surface area contributed by atoms with E-state index in [9.17, 15) is 5.11 Å². The van der Waals surface area contributed by atoms with Crippen molar-refractivity contribution in [1.29, 1.82) is 5.41 Å². The van der Waals surface area contributed by atoms with Crippen LogP contribution < -0.4 is 5.73 Å². The Hall–Kier alpha value is -2.88. The normalized spacial score (nSPS) is 14.0. The van der Waals surface area contributed by atoms with Crippen molar-refractivity contribution >= 4 is 22.8 Å². The number of rotatable bonds is 2. The quantitative estimate of drug-likeness (QED) is 0.339. The van der Waals surface area contributed by atoms with Gasteiger partial charge in [0.25, 0.3) is 0 Å². The molecule has 3 aromatic rings. The number of benzene rings is 2. The first-order valence-electron chi connectivity index (χ1n) is 9.56. The maximum atomic E-state index is 10.2. The van der Waals surface area contributed by atoms with Gasteiger partial charge in [0.15, 0.2) is 0 Å². The monoisotopic (exact) mass is 359 g/mol. The standard InChI is InChI=1S/C23H25N3O/c1-13-10-15(11-14(2)23(13)27)22-17-7-5-3-4-6-16(17)21-18(12-24)19(25)8-9-20(21)26-22/h8-12,24,27H,3-7,25H2,1-2H3. The predicted octanol–water partition coefficient (Wildman–Crippen LogP) is 5.07. The summed E-state index contributed by atoms with van der Waals surface area (Å²) in [6.07, 6.45) is 6.82. The van der Waals surface area contributed by atoms with Gasteiger partial charge in [-0.25, -0.2) is 4.98 Å². The molecule has 4 N–H and O–H groups in total. The van der Waals surface area contributed by atoms with Crippen molar-refractivity contribution in [2.75, 3.05) is 5.73 Å². The zero-order valence-electron chi connectivity index (χ0n) is 15.9. The van der Waals surface area contributed by atoms with Crippen LogP contribution in [0.4, 0.5) is 5.69 Å². The fourth-order valence-corrected chi connectivity index (χ4v) is 4.33. The number of nitrogens with one attached hydrogen (secondary N) is 1. The fourth-order valence-electron chi connectivity index (χ4n) is 4.33. The second-order valence-corrected chi connectivity index (χ2v) is 7.54. The number of hydrogen-bond acceptors (Lipinski definition) is 4. The highest BCUT2D eigenvalue weighted by atomic mass is 16.3. The van der Waals surface area contributed by atoms with Crippen molar-refractivity contribution in [3.05, 3.63) is 52.1 Å². The van der Waals surface area contributed by atoms with Crippen LogP contribution in [0.5, 0.6) is 5.75 Å². The molecule has 0 saturated heterocycles. The average Bonchev–Trinajstić information content (AvgIpc) is 2.91. The minimum Gasteiger partial charge on any atom is -0.507 e. The Morgan fingerprint density at radius 2 is 1.70 bits per heavy atom. The maximum absolute atomic E-state index is 10.2. The van der Waals surface area contributed by atoms with Gasteiger partial charge in [-0.3, -0.25) is 0 Å². The molecule has 4 heteroatoms. The van der Waals surface area contributed by atoms with Gasteiger partial charge in [0, 0.05) is 28.4 Å². The van der Waals surface area contributed by atoms with Crippen molar-refractivity contribution < 1.29 is 5.11 Å². The van der Waals surface area contributed by atoms with Gasteiger partial charge in [0.05, 0.1) is 11.2 Å². The summed E-state index contributed by atoms with van der Waals surface area (Å²) >= 11 is 0. The molecular formula is C23H25N3O. The molecule has 0 atom stereocenters. The number of fused-ring (bicyclic) bond motifs is 3. The Balaban J connectivity index is 2.10. The summed E-state index contributed by atoms with van der Waals surface area (Å²) in [6, 6.07) is 7.86. The molecule has 0 unspecified atom stereocenters. The molecular weight excluding hydrogens is 334 g/mol. The second kappa shape index (κ2) is 6.69. The van der Waals surface area contributed by atoms with Crippen LogP contribution >= 0.6 is 0 Å². The van der Waals surface area contributed by atoms with Gasteiger partial charge in [0.2, 0.25) is 0 Å². The third-order valence-electron chi connectivity index (χ3n) is 5.70. The third-order valence-corrected chi connectivity index (χ3v) is 5.70. The van der Waals surface area contributed by atoms with Crippen molar-refractivity contribution in [3.8, 4) is 17.0 Å². The van der Waals surface area contributed by atoms with E-state index in [1.807, 2.05) is 38.1 Å². The fraction of sp³-hybridized carbons (Fsp3) is 0.304. The molecule has 0 amide bonds. The number of nitrogens with two attached hydrogens (primary N) is 1. The van der Waals surface area contributed by atoms with E-state index in [1.54, 1.807) is 0 Å². The van der Waals surface area contributed by atoms with E-state index in [-0.39, 0.29) is 0 Å². The zero-order chi connectivity index (χ0) is 19.1. The lowest BCUT2D eigenvalue weighted by atomic mass is 9.90. The molecule has 0 fully saturated rings. The highest BCUT2D eigenvalue weighted by molar-refractivity contribution is 6.05. The minimum atomic E-state index is 0.351. The number of aromatic nitrogens is 1. The van der Waals surface area contributed by atoms with Crippen LogP contribution in [-0.2, 0) is 12.8 Å². The number of aromatic hydroxyl groups is 1. The molecule has 0 aliphatic heterocycles. The van der Waals surface area contributed by atoms with Gasteiger partial charge in [-0.2, -0.15) is 0 Å². The Morgan fingerprint density at radius 3 is 2.37 bits per heavy atom. The molecule has 138 valence electrons. The number of aryl methyl sites for hydroxylation is 3. The van der Waals surface area contributed by atoms with Crippen molar-refractivity contribution in [2.24, 2.45) is 0 Å². The Morgan fingerprint density at radius 1 is 1.04 bits per heavy atom. The zero-order valence-corrected chi connectivity index (χ0v) is 15.9. The highest BCUT2D eigenvalue weighted by Gasteiger charge is 2.21. The summed E-state index contributed by atoms with van der Waals surface area (Å²) in [6.45, 7) is 3.86. The molecule has 1 aliphatic rings. The summed E-state index contributed by atoms with van der Waals surface area (Å²) in [5.41, 5.74) is 14.8. The van der Waals surface area contributed by atoms with Crippen LogP contribution in [0.3, 0.4) is 0 Å². The van der Waals surface area contributed by atoms with Crippen LogP contribution in [0, 0.1) is 19.3 Å². The van der Waals surface area contributed by atoms with E-state index in [2.05, 4.69) is 0 Å². The molecule has 4 nitrogen and oxygen atoms in total. The average molecular weight is 359 g/mol. The number of phenols is 1. The summed E-state index contributed by atoms with van der Waals surface area (Å²) < 4.78 is 0. The first-order chi connectivity index (χ1) is 13.0. The number of hydrogen-bond donors (Lipinski definition) is 3. The predicted molar refractivity (Wildman–Crippen MR) is 112 cm³/mol. The molecule has 0 radical (unpaired) electrons. The number of anilines is 1. The van der Waals surface area contributed by atoms with Crippen LogP contribution in [0.25, 0.3) is 22.2 Å². The van der Waals surface area contributed by atoms with E-state index in [4.69, 9.17) is 16.1 Å². The van der Waals surface area contributed by atoms with E-state index in [1.165, 1.54) is 23.8 Å². The summed E-state index contributed by atoms with van der Waals surface area (Å²) in [4.78, 5) is 5.02. The molecule has 0 bridgehead atoms. The maximum Gasteiger partial charge on any atom is 0.121 e. The van der Waals surface area contributed by atoms with E-state index < -0.39 is 0 Å². The summed E-state index contributed by atoms with van der Waals surface area (Å²) in [5, 5.41) is 19.1. The summed E-state index contributed by atoms with van der Waals surface area (Å²) in [5.74, 6) is 0.351. The van der Waals surface area contributed by atoms with Crippen molar-refractivity contribution in [2.45, 2.75) is 46.0 Å². The Bertz CT molecular complexity index is 1050. The molecule has 2 aromatic carbocycles. The SMILES string of the molecule is Cc1cc(-c2nc3ccc(N)c(C=N)c3c3c2CCCCC3)cc(C)c1O. The largest absolute Gasteiger partial charge is 0.507 e. The summed E-state index contributed by atoms with van der Waals surface area (Å²) in [7, 11) is 0. The number of nitrogens with zero attached hydrogens (tertiary/aromatic N) is 1. The number of pyridine rings is 1. The smallest absolute Gasteiger partial charge is 0.121 e. The van der Waals surface area contributed by atoms with Gasteiger partial charge in [0.1, 0.15) is 5.75 Å². The van der Waals surface area contributed by atoms with Crippen molar-refractivity contribution in [3.63, 3.8) is 0 Å². The second-order valence-electron chi connectivity index (χ2n) is 7.54. The molecule has 1 aliphatic carbocycles. The van der Waals surface area contributed by atoms with E-state index >= 15 is 0 Å². The lowest BCUT2D eigenvalue weighted by Crippen LogP contribution is -2.04. The molecule has 1 heterocycles. The van der Waals surface area contributed by atoms with E-state index in [0.717, 1.165) is 64.5 Å². The van der Waals surface area contributed by atoms with Crippen LogP contribution in [0.2, 0.25) is 0 Å². The lowest BCUT2D eigenvalue weighted by molar-refractivity contribution is 0.467. The number of phenolic OH excluding ortho intramolecular Hbond substituents is 1. The van der Waals surface area contributed by atoms with Gasteiger partial charge >= 0.3 is 0 Å². The first-order valence-corrected chi connectivity index (χ1v) is 9.56. The molecule has 27 heavy (non-hydrogen) atoms. The third kappa shape index (κ3) is 2.85. The topological polar surface area (TPSA) is 83.0 Å². The van der Waals surface area contributed by atoms with Crippen LogP contribution in [0.1, 0.15) is 47.1 Å². The minimum absolute atomic E-state index is 0.351.